The summed E-state index contributed by atoms with van der Waals surface area (Å²) in [5.74, 6) is 0.200. The highest BCUT2D eigenvalue weighted by Crippen LogP contribution is 2.45. The lowest BCUT2D eigenvalue weighted by molar-refractivity contribution is 0.0707. The first-order valence-corrected chi connectivity index (χ1v) is 9.36. The number of amides is 1. The number of hydrogen-bond acceptors (Lipinski definition) is 2. The van der Waals surface area contributed by atoms with Gasteiger partial charge in [-0.25, -0.2) is 0 Å². The second-order valence-electron chi connectivity index (χ2n) is 8.88. The molecule has 0 radical (unpaired) electrons. The van der Waals surface area contributed by atoms with Gasteiger partial charge in [-0.3, -0.25) is 4.79 Å². The molecule has 25 heavy (non-hydrogen) atoms. The molecule has 0 aromatic heterocycles. The molecule has 1 fully saturated rings. The predicted molar refractivity (Wildman–Crippen MR) is 107 cm³/mol. The van der Waals surface area contributed by atoms with Crippen molar-refractivity contribution >= 4 is 18.3 Å². The van der Waals surface area contributed by atoms with Gasteiger partial charge in [-0.1, -0.05) is 33.8 Å². The van der Waals surface area contributed by atoms with Crippen molar-refractivity contribution in [2.45, 2.75) is 70.3 Å². The van der Waals surface area contributed by atoms with E-state index in [1.54, 1.807) is 0 Å². The molecular formula is C21H33ClN2O. The van der Waals surface area contributed by atoms with E-state index in [-0.39, 0.29) is 29.1 Å². The number of rotatable bonds is 2. The van der Waals surface area contributed by atoms with Crippen molar-refractivity contribution in [3.8, 4) is 0 Å². The fourth-order valence-electron chi connectivity index (χ4n) is 4.28. The molecule has 1 aliphatic carbocycles. The minimum Gasteiger partial charge on any atom is -0.339 e. The number of nitrogens with one attached hydrogen (secondary N) is 1. The molecular weight excluding hydrogens is 332 g/mol. The standard InChI is InChI=1S/C21H32N2O.ClH/c1-20(2)10-11-21(3,4)18-14-15(6-7-17(18)20)19(24)23-12-8-16(22-5)9-13-23;/h6-7,14,16,22H,8-13H2,1-5H3;1H. The molecule has 140 valence electrons. The number of benzene rings is 1. The number of carbonyl (C=O) groups excluding carboxylic acids is 1. The summed E-state index contributed by atoms with van der Waals surface area (Å²) in [7, 11) is 2.01. The average Bonchev–Trinajstić information content (AvgIpc) is 2.58. The Kier molecular flexibility index (Phi) is 5.90. The van der Waals surface area contributed by atoms with Crippen molar-refractivity contribution in [2.24, 2.45) is 0 Å². The van der Waals surface area contributed by atoms with Crippen LogP contribution in [0.4, 0.5) is 0 Å². The number of piperidine rings is 1. The molecule has 1 N–H and O–H groups in total. The fourth-order valence-corrected chi connectivity index (χ4v) is 4.28. The molecule has 0 bridgehead atoms. The van der Waals surface area contributed by atoms with Gasteiger partial charge in [0.2, 0.25) is 0 Å². The zero-order valence-corrected chi connectivity index (χ0v) is 17.1. The van der Waals surface area contributed by atoms with Crippen LogP contribution in [0.1, 0.15) is 74.9 Å². The summed E-state index contributed by atoms with van der Waals surface area (Å²) in [4.78, 5) is 15.0. The average molecular weight is 365 g/mol. The second kappa shape index (κ2) is 7.28. The van der Waals surface area contributed by atoms with Crippen LogP contribution >= 0.6 is 12.4 Å². The van der Waals surface area contributed by atoms with Gasteiger partial charge in [0.15, 0.2) is 0 Å². The van der Waals surface area contributed by atoms with Gasteiger partial charge in [0.1, 0.15) is 0 Å². The van der Waals surface area contributed by atoms with Crippen LogP contribution < -0.4 is 5.32 Å². The molecule has 1 amide bonds. The number of carbonyl (C=O) groups is 1. The Balaban J connectivity index is 0.00000225. The molecule has 3 rings (SSSR count). The maximum absolute atomic E-state index is 13.0. The number of halogens is 1. The summed E-state index contributed by atoms with van der Waals surface area (Å²) >= 11 is 0. The molecule has 1 aromatic rings. The van der Waals surface area contributed by atoms with Crippen molar-refractivity contribution in [3.05, 3.63) is 34.9 Å². The summed E-state index contributed by atoms with van der Waals surface area (Å²) in [6.07, 6.45) is 4.48. The van der Waals surface area contributed by atoms with Crippen LogP contribution in [-0.4, -0.2) is 37.0 Å². The normalized spacial score (nSPS) is 22.0. The van der Waals surface area contributed by atoms with Crippen molar-refractivity contribution in [2.75, 3.05) is 20.1 Å². The highest BCUT2D eigenvalue weighted by Gasteiger charge is 2.37. The Labute approximate surface area is 159 Å². The fraction of sp³-hybridized carbons (Fsp3) is 0.667. The van der Waals surface area contributed by atoms with Gasteiger partial charge in [0.05, 0.1) is 0 Å². The molecule has 1 aliphatic heterocycles. The van der Waals surface area contributed by atoms with Crippen LogP contribution in [0, 0.1) is 0 Å². The number of hydrogen-bond donors (Lipinski definition) is 1. The maximum Gasteiger partial charge on any atom is 0.253 e. The molecule has 1 saturated heterocycles. The van der Waals surface area contributed by atoms with Crippen LogP contribution in [0.25, 0.3) is 0 Å². The van der Waals surface area contributed by atoms with Crippen molar-refractivity contribution in [1.82, 2.24) is 10.2 Å². The summed E-state index contributed by atoms with van der Waals surface area (Å²) in [6, 6.07) is 7.00. The minimum absolute atomic E-state index is 0. The molecule has 0 saturated carbocycles. The summed E-state index contributed by atoms with van der Waals surface area (Å²) in [5.41, 5.74) is 4.01. The largest absolute Gasteiger partial charge is 0.339 e. The smallest absolute Gasteiger partial charge is 0.253 e. The molecule has 1 aromatic carbocycles. The van der Waals surface area contributed by atoms with Gasteiger partial charge in [-0.05, 0) is 66.8 Å². The number of fused-ring (bicyclic) bond motifs is 1. The topological polar surface area (TPSA) is 32.3 Å². The summed E-state index contributed by atoms with van der Waals surface area (Å²) in [6.45, 7) is 11.0. The van der Waals surface area contributed by atoms with Gasteiger partial charge in [0, 0.05) is 24.7 Å². The Morgan fingerprint density at radius 2 is 1.60 bits per heavy atom. The molecule has 0 atom stereocenters. The zero-order chi connectivity index (χ0) is 17.5. The quantitative estimate of drug-likeness (QED) is 0.849. The Hall–Kier alpha value is -1.06. The lowest BCUT2D eigenvalue weighted by Gasteiger charge is -2.42. The minimum atomic E-state index is 0. The lowest BCUT2D eigenvalue weighted by Crippen LogP contribution is -2.44. The molecule has 0 spiro atoms. The number of likely N-dealkylation sites (tertiary alicyclic amines) is 1. The van der Waals surface area contributed by atoms with Gasteiger partial charge in [0.25, 0.3) is 5.91 Å². The molecule has 0 unspecified atom stereocenters. The van der Waals surface area contributed by atoms with Gasteiger partial charge >= 0.3 is 0 Å². The third kappa shape index (κ3) is 3.88. The third-order valence-corrected chi connectivity index (χ3v) is 6.29. The van der Waals surface area contributed by atoms with E-state index >= 15 is 0 Å². The predicted octanol–water partition coefficient (Wildman–Crippen LogP) is 4.28. The van der Waals surface area contributed by atoms with E-state index in [4.69, 9.17) is 0 Å². The van der Waals surface area contributed by atoms with E-state index in [1.807, 2.05) is 11.9 Å². The summed E-state index contributed by atoms with van der Waals surface area (Å²) < 4.78 is 0. The van der Waals surface area contributed by atoms with Gasteiger partial charge in [-0.2, -0.15) is 0 Å². The van der Waals surface area contributed by atoms with E-state index in [0.29, 0.717) is 6.04 Å². The second-order valence-corrected chi connectivity index (χ2v) is 8.88. The van der Waals surface area contributed by atoms with Gasteiger partial charge in [-0.15, -0.1) is 12.4 Å². The first-order chi connectivity index (χ1) is 11.2. The highest BCUT2D eigenvalue weighted by atomic mass is 35.5. The summed E-state index contributed by atoms with van der Waals surface area (Å²) in [5, 5.41) is 3.33. The first-order valence-electron chi connectivity index (χ1n) is 9.36. The Morgan fingerprint density at radius 1 is 1.04 bits per heavy atom. The van der Waals surface area contributed by atoms with Crippen molar-refractivity contribution in [3.63, 3.8) is 0 Å². The van der Waals surface area contributed by atoms with E-state index in [9.17, 15) is 4.79 Å². The Bertz CT molecular complexity index is 631. The van der Waals surface area contributed by atoms with E-state index in [2.05, 4.69) is 51.2 Å². The SMILES string of the molecule is CNC1CCN(C(=O)c2ccc3c(c2)C(C)(C)CCC3(C)C)CC1.Cl. The van der Waals surface area contributed by atoms with Crippen molar-refractivity contribution < 1.29 is 4.79 Å². The van der Waals surface area contributed by atoms with Crippen LogP contribution in [-0.2, 0) is 10.8 Å². The van der Waals surface area contributed by atoms with E-state index in [0.717, 1.165) is 31.5 Å². The number of nitrogens with zero attached hydrogens (tertiary/aromatic N) is 1. The zero-order valence-electron chi connectivity index (χ0n) is 16.3. The molecule has 1 heterocycles. The molecule has 3 nitrogen and oxygen atoms in total. The van der Waals surface area contributed by atoms with Crippen LogP contribution in [0.2, 0.25) is 0 Å². The van der Waals surface area contributed by atoms with Crippen LogP contribution in [0.5, 0.6) is 0 Å². The highest BCUT2D eigenvalue weighted by molar-refractivity contribution is 5.94. The monoisotopic (exact) mass is 364 g/mol. The molecule has 2 aliphatic rings. The first kappa shape index (κ1) is 20.3. The van der Waals surface area contributed by atoms with Crippen molar-refractivity contribution in [1.29, 1.82) is 0 Å². The lowest BCUT2D eigenvalue weighted by atomic mass is 9.63. The van der Waals surface area contributed by atoms with E-state index in [1.165, 1.54) is 24.0 Å². The van der Waals surface area contributed by atoms with E-state index < -0.39 is 0 Å². The third-order valence-electron chi connectivity index (χ3n) is 6.29. The Morgan fingerprint density at radius 3 is 2.16 bits per heavy atom. The van der Waals surface area contributed by atoms with Crippen LogP contribution in [0.15, 0.2) is 18.2 Å². The molecule has 4 heteroatoms. The van der Waals surface area contributed by atoms with Crippen LogP contribution in [0.3, 0.4) is 0 Å². The maximum atomic E-state index is 13.0. The van der Waals surface area contributed by atoms with Gasteiger partial charge < -0.3 is 10.2 Å².